The van der Waals surface area contributed by atoms with Gasteiger partial charge in [0.1, 0.15) is 11.6 Å². The smallest absolute Gasteiger partial charge is 0.239 e. The van der Waals surface area contributed by atoms with Crippen molar-refractivity contribution < 1.29 is 4.79 Å². The summed E-state index contributed by atoms with van der Waals surface area (Å²) in [6.45, 7) is 4.66. The first kappa shape index (κ1) is 16.4. The highest BCUT2D eigenvalue weighted by Crippen LogP contribution is 2.28. The number of carbonyl (C=O) groups excluding carboxylic acids is 1. The predicted octanol–water partition coefficient (Wildman–Crippen LogP) is 1.84. The Labute approximate surface area is 138 Å². The van der Waals surface area contributed by atoms with Crippen molar-refractivity contribution in [2.45, 2.75) is 76.8 Å². The van der Waals surface area contributed by atoms with Crippen LogP contribution >= 0.6 is 0 Å². The fraction of sp³-hybridized carbons (Fsp3) is 0.824. The molecule has 0 radical (unpaired) electrons. The lowest BCUT2D eigenvalue weighted by Crippen LogP contribution is -2.47. The van der Waals surface area contributed by atoms with Crippen LogP contribution < -0.4 is 5.73 Å². The largest absolute Gasteiger partial charge is 0.341 e. The van der Waals surface area contributed by atoms with Gasteiger partial charge in [-0.3, -0.25) is 4.79 Å². The van der Waals surface area contributed by atoms with Gasteiger partial charge in [-0.1, -0.05) is 19.8 Å². The fourth-order valence-corrected chi connectivity index (χ4v) is 3.87. The number of aryl methyl sites for hydroxylation is 1. The van der Waals surface area contributed by atoms with Crippen LogP contribution in [0.1, 0.15) is 69.4 Å². The van der Waals surface area contributed by atoms with E-state index >= 15 is 0 Å². The first-order valence-electron chi connectivity index (χ1n) is 9.17. The van der Waals surface area contributed by atoms with Crippen LogP contribution in [0, 0.1) is 0 Å². The number of carbonyl (C=O) groups is 1. The van der Waals surface area contributed by atoms with Crippen molar-refractivity contribution >= 4 is 5.91 Å². The summed E-state index contributed by atoms with van der Waals surface area (Å²) >= 11 is 0. The minimum atomic E-state index is -0.353. The molecule has 1 aromatic heterocycles. The van der Waals surface area contributed by atoms with Crippen molar-refractivity contribution in [3.63, 3.8) is 0 Å². The topological polar surface area (TPSA) is 77.0 Å². The Morgan fingerprint density at radius 3 is 2.96 bits per heavy atom. The Balaban J connectivity index is 1.71. The number of nitrogens with two attached hydrogens (primary N) is 1. The molecule has 0 aliphatic carbocycles. The Morgan fingerprint density at radius 2 is 2.13 bits per heavy atom. The number of nitrogens with zero attached hydrogens (tertiary/aromatic N) is 4. The number of rotatable bonds is 4. The van der Waals surface area contributed by atoms with Crippen molar-refractivity contribution in [3.05, 3.63) is 11.6 Å². The Kier molecular flexibility index (Phi) is 5.30. The average Bonchev–Trinajstić information content (AvgIpc) is 2.83. The van der Waals surface area contributed by atoms with E-state index in [0.29, 0.717) is 5.92 Å². The number of likely N-dealkylation sites (tertiary alicyclic amines) is 1. The summed E-state index contributed by atoms with van der Waals surface area (Å²) < 4.78 is 2.32. The number of amides is 1. The molecular weight excluding hydrogens is 290 g/mol. The standard InChI is InChI=1S/C17H29N5O/c1-2-7-14(18)17(23)21-10-6-8-13(12-21)16-20-19-15-9-4-3-5-11-22(15)16/h13-14H,2-12,18H2,1H3. The second-order valence-corrected chi connectivity index (χ2v) is 6.96. The van der Waals surface area contributed by atoms with Gasteiger partial charge in [0.15, 0.2) is 0 Å². The molecule has 2 N–H and O–H groups in total. The second-order valence-electron chi connectivity index (χ2n) is 6.96. The molecule has 1 aromatic rings. The molecule has 3 rings (SSSR count). The molecule has 2 atom stereocenters. The zero-order chi connectivity index (χ0) is 16.2. The third kappa shape index (κ3) is 3.57. The molecule has 2 unspecified atom stereocenters. The quantitative estimate of drug-likeness (QED) is 0.918. The number of hydrogen-bond donors (Lipinski definition) is 1. The molecule has 3 heterocycles. The molecule has 2 aliphatic rings. The van der Waals surface area contributed by atoms with Gasteiger partial charge in [-0.2, -0.15) is 0 Å². The highest BCUT2D eigenvalue weighted by molar-refractivity contribution is 5.81. The van der Waals surface area contributed by atoms with Crippen molar-refractivity contribution in [2.24, 2.45) is 5.73 Å². The predicted molar refractivity (Wildman–Crippen MR) is 89.0 cm³/mol. The summed E-state index contributed by atoms with van der Waals surface area (Å²) in [6, 6.07) is -0.353. The van der Waals surface area contributed by atoms with Gasteiger partial charge in [-0.05, 0) is 32.1 Å². The number of aromatic nitrogens is 3. The lowest BCUT2D eigenvalue weighted by molar-refractivity contribution is -0.134. The molecule has 6 heteroatoms. The third-order valence-corrected chi connectivity index (χ3v) is 5.15. The van der Waals surface area contributed by atoms with E-state index in [-0.39, 0.29) is 11.9 Å². The number of fused-ring (bicyclic) bond motifs is 1. The van der Waals surface area contributed by atoms with Crippen molar-refractivity contribution in [1.82, 2.24) is 19.7 Å². The van der Waals surface area contributed by atoms with Crippen LogP contribution in [0.3, 0.4) is 0 Å². The van der Waals surface area contributed by atoms with Gasteiger partial charge < -0.3 is 15.2 Å². The fourth-order valence-electron chi connectivity index (χ4n) is 3.87. The van der Waals surface area contributed by atoms with Crippen LogP contribution in [0.15, 0.2) is 0 Å². The number of piperidine rings is 1. The molecule has 1 amide bonds. The van der Waals surface area contributed by atoms with Crippen LogP contribution in [0.25, 0.3) is 0 Å². The maximum absolute atomic E-state index is 12.5. The Hall–Kier alpha value is -1.43. The van der Waals surface area contributed by atoms with Crippen molar-refractivity contribution in [2.75, 3.05) is 13.1 Å². The van der Waals surface area contributed by atoms with Gasteiger partial charge in [-0.25, -0.2) is 0 Å². The minimum Gasteiger partial charge on any atom is -0.341 e. The molecule has 0 saturated carbocycles. The van der Waals surface area contributed by atoms with E-state index in [1.165, 1.54) is 19.3 Å². The molecule has 0 bridgehead atoms. The van der Waals surface area contributed by atoms with Gasteiger partial charge in [0.25, 0.3) is 0 Å². The van der Waals surface area contributed by atoms with Crippen LogP contribution in [0.2, 0.25) is 0 Å². The molecule has 23 heavy (non-hydrogen) atoms. The molecule has 128 valence electrons. The normalized spacial score (nSPS) is 23.2. The third-order valence-electron chi connectivity index (χ3n) is 5.15. The second kappa shape index (κ2) is 7.43. The van der Waals surface area contributed by atoms with E-state index in [4.69, 9.17) is 5.73 Å². The lowest BCUT2D eigenvalue weighted by Gasteiger charge is -2.34. The maximum Gasteiger partial charge on any atom is 0.239 e. The van der Waals surface area contributed by atoms with E-state index in [0.717, 1.165) is 63.4 Å². The summed E-state index contributed by atoms with van der Waals surface area (Å²) in [5.41, 5.74) is 6.03. The average molecular weight is 319 g/mol. The monoisotopic (exact) mass is 319 g/mol. The van der Waals surface area contributed by atoms with E-state index < -0.39 is 0 Å². The molecule has 2 aliphatic heterocycles. The minimum absolute atomic E-state index is 0.104. The Bertz CT molecular complexity index is 541. The van der Waals surface area contributed by atoms with Gasteiger partial charge >= 0.3 is 0 Å². The van der Waals surface area contributed by atoms with Gasteiger partial charge in [0.05, 0.1) is 6.04 Å². The highest BCUT2D eigenvalue weighted by atomic mass is 16.2. The van der Waals surface area contributed by atoms with Gasteiger partial charge in [-0.15, -0.1) is 10.2 Å². The summed E-state index contributed by atoms with van der Waals surface area (Å²) in [7, 11) is 0. The van der Waals surface area contributed by atoms with Gasteiger partial charge in [0, 0.05) is 32.0 Å². The lowest BCUT2D eigenvalue weighted by atomic mass is 9.96. The summed E-state index contributed by atoms with van der Waals surface area (Å²) in [5.74, 6) is 2.63. The van der Waals surface area contributed by atoms with Crippen LogP contribution in [-0.4, -0.2) is 44.7 Å². The first-order valence-corrected chi connectivity index (χ1v) is 9.17. The summed E-state index contributed by atoms with van der Waals surface area (Å²) in [4.78, 5) is 14.5. The Morgan fingerprint density at radius 1 is 1.26 bits per heavy atom. The van der Waals surface area contributed by atoms with E-state index in [1.807, 2.05) is 4.90 Å². The van der Waals surface area contributed by atoms with Crippen molar-refractivity contribution in [3.8, 4) is 0 Å². The van der Waals surface area contributed by atoms with Gasteiger partial charge in [0.2, 0.25) is 5.91 Å². The molecular formula is C17H29N5O. The molecule has 1 fully saturated rings. The van der Waals surface area contributed by atoms with Crippen molar-refractivity contribution in [1.29, 1.82) is 0 Å². The number of hydrogen-bond acceptors (Lipinski definition) is 4. The van der Waals surface area contributed by atoms with Crippen LogP contribution in [-0.2, 0) is 17.8 Å². The summed E-state index contributed by atoms with van der Waals surface area (Å²) in [5, 5.41) is 8.89. The van der Waals surface area contributed by atoms with E-state index in [9.17, 15) is 4.79 Å². The van der Waals surface area contributed by atoms with Crippen LogP contribution in [0.5, 0.6) is 0 Å². The highest BCUT2D eigenvalue weighted by Gasteiger charge is 2.31. The maximum atomic E-state index is 12.5. The van der Waals surface area contributed by atoms with E-state index in [2.05, 4.69) is 21.7 Å². The van der Waals surface area contributed by atoms with E-state index in [1.54, 1.807) is 0 Å². The molecule has 1 saturated heterocycles. The molecule has 0 aromatic carbocycles. The zero-order valence-corrected chi connectivity index (χ0v) is 14.2. The summed E-state index contributed by atoms with van der Waals surface area (Å²) in [6.07, 6.45) is 8.53. The SMILES string of the molecule is CCCC(N)C(=O)N1CCCC(c2nnc3n2CCCCC3)C1. The first-order chi connectivity index (χ1) is 11.2. The molecule has 6 nitrogen and oxygen atoms in total. The zero-order valence-electron chi connectivity index (χ0n) is 14.2. The molecule has 0 spiro atoms. The van der Waals surface area contributed by atoms with Crippen LogP contribution in [0.4, 0.5) is 0 Å².